The molecule has 1 saturated carbocycles. The van der Waals surface area contributed by atoms with Crippen LogP contribution in [0, 0.1) is 37.5 Å². The molecule has 0 spiro atoms. The van der Waals surface area contributed by atoms with E-state index in [0.717, 1.165) is 27.8 Å². The lowest BCUT2D eigenvalue weighted by Gasteiger charge is -2.40. The molecule has 1 aromatic heterocycles. The summed E-state index contributed by atoms with van der Waals surface area (Å²) < 4.78 is 6.74. The van der Waals surface area contributed by atoms with E-state index < -0.39 is 0 Å². The van der Waals surface area contributed by atoms with Gasteiger partial charge >= 0.3 is 0 Å². The monoisotopic (exact) mass is 413 g/mol. The fourth-order valence-electron chi connectivity index (χ4n) is 5.06. The zero-order valence-corrected chi connectivity index (χ0v) is 18.3. The average molecular weight is 414 g/mol. The number of hydrogen-bond donors (Lipinski definition) is 1. The Morgan fingerprint density at radius 3 is 2.69 bits per heavy atom. The van der Waals surface area contributed by atoms with Crippen molar-refractivity contribution >= 4 is 32.5 Å². The van der Waals surface area contributed by atoms with Gasteiger partial charge < -0.3 is 9.84 Å². The zero-order chi connectivity index (χ0) is 20.9. The predicted molar refractivity (Wildman–Crippen MR) is 114 cm³/mol. The molecule has 2 aliphatic carbocycles. The second-order valence-corrected chi connectivity index (χ2v) is 9.51. The molecule has 4 unspecified atom stereocenters. The maximum absolute atomic E-state index is 13.0. The van der Waals surface area contributed by atoms with Crippen molar-refractivity contribution in [3.05, 3.63) is 34.7 Å². The lowest BCUT2D eigenvalue weighted by atomic mass is 9.67. The summed E-state index contributed by atoms with van der Waals surface area (Å²) >= 11 is 1.45. The van der Waals surface area contributed by atoms with Crippen LogP contribution in [0.3, 0.4) is 0 Å². The van der Waals surface area contributed by atoms with Gasteiger partial charge in [-0.3, -0.25) is 4.79 Å². The van der Waals surface area contributed by atoms with Crippen LogP contribution in [0.2, 0.25) is 0 Å². The fraction of sp³-hybridized carbons (Fsp3) is 0.545. The number of fused-ring (bicyclic) bond motifs is 2. The van der Waals surface area contributed by atoms with Crippen LogP contribution in [0.1, 0.15) is 37.8 Å². The first-order valence-corrected chi connectivity index (χ1v) is 10.9. The predicted octanol–water partition coefficient (Wildman–Crippen LogP) is 5.66. The minimum atomic E-state index is -0.240. The molecular formula is C22H27N3O3S. The van der Waals surface area contributed by atoms with Crippen LogP contribution in [0.4, 0.5) is 5.13 Å². The third kappa shape index (κ3) is 3.40. The number of hydrogen-bond acceptors (Lipinski definition) is 7. The highest BCUT2D eigenvalue weighted by Crippen LogP contribution is 2.49. The summed E-state index contributed by atoms with van der Waals surface area (Å²) in [6, 6.07) is 4.13. The Balaban J connectivity index is 1.68. The number of methoxy groups -OCH3 is 1. The number of aryl methyl sites for hydroxylation is 2. The molecule has 2 aliphatic rings. The van der Waals surface area contributed by atoms with Crippen molar-refractivity contribution < 1.29 is 14.6 Å². The SMILES string of the molecule is COC1CCC2C(=O)C(N=Nc3nc4cc(C)cc(C)c4s3)=C(O)C2C1C(C)C. The molecule has 0 amide bonds. The van der Waals surface area contributed by atoms with E-state index >= 15 is 0 Å². The number of allylic oxidation sites excluding steroid dienone is 2. The van der Waals surface area contributed by atoms with Crippen molar-refractivity contribution in [2.75, 3.05) is 7.11 Å². The van der Waals surface area contributed by atoms with Gasteiger partial charge in [-0.05, 0) is 55.7 Å². The number of aliphatic hydroxyl groups excluding tert-OH is 1. The van der Waals surface area contributed by atoms with Crippen molar-refractivity contribution in [1.29, 1.82) is 0 Å². The van der Waals surface area contributed by atoms with E-state index in [2.05, 4.69) is 35.1 Å². The maximum atomic E-state index is 13.0. The van der Waals surface area contributed by atoms with Crippen molar-refractivity contribution in [2.24, 2.45) is 33.9 Å². The maximum Gasteiger partial charge on any atom is 0.231 e. The van der Waals surface area contributed by atoms with E-state index in [-0.39, 0.29) is 47.0 Å². The van der Waals surface area contributed by atoms with Gasteiger partial charge in [0.1, 0.15) is 5.76 Å². The van der Waals surface area contributed by atoms with Gasteiger partial charge in [0.05, 0.1) is 16.3 Å². The Hall–Kier alpha value is -2.12. The molecule has 0 saturated heterocycles. The molecule has 1 fully saturated rings. The smallest absolute Gasteiger partial charge is 0.231 e. The first-order chi connectivity index (χ1) is 13.8. The summed E-state index contributed by atoms with van der Waals surface area (Å²) in [6.45, 7) is 8.31. The van der Waals surface area contributed by atoms with Crippen molar-refractivity contribution in [2.45, 2.75) is 46.6 Å². The van der Waals surface area contributed by atoms with E-state index in [4.69, 9.17) is 4.74 Å². The Kier molecular flexibility index (Phi) is 5.29. The van der Waals surface area contributed by atoms with E-state index in [1.165, 1.54) is 11.3 Å². The summed E-state index contributed by atoms with van der Waals surface area (Å²) in [7, 11) is 1.70. The van der Waals surface area contributed by atoms with Gasteiger partial charge in [0.2, 0.25) is 5.13 Å². The number of aromatic nitrogens is 1. The second-order valence-electron chi connectivity index (χ2n) is 8.53. The molecule has 4 atom stereocenters. The topological polar surface area (TPSA) is 84.1 Å². The second kappa shape index (κ2) is 7.61. The number of thiazole rings is 1. The number of benzene rings is 1. The lowest BCUT2D eigenvalue weighted by Crippen LogP contribution is -2.42. The number of aliphatic hydroxyl groups is 1. The number of nitrogens with zero attached hydrogens (tertiary/aromatic N) is 3. The highest BCUT2D eigenvalue weighted by molar-refractivity contribution is 7.22. The molecular weight excluding hydrogens is 386 g/mol. The normalized spacial score (nSPS) is 27.6. The minimum absolute atomic E-state index is 0.0398. The number of azo groups is 1. The molecule has 2 aromatic rings. The molecule has 0 bridgehead atoms. The third-order valence-electron chi connectivity index (χ3n) is 6.29. The Morgan fingerprint density at radius 1 is 1.24 bits per heavy atom. The van der Waals surface area contributed by atoms with Crippen LogP contribution in [0.15, 0.2) is 33.8 Å². The summed E-state index contributed by atoms with van der Waals surface area (Å²) in [5.74, 6) is -0.140. The lowest BCUT2D eigenvalue weighted by molar-refractivity contribution is -0.124. The Morgan fingerprint density at radius 2 is 2.00 bits per heavy atom. The molecule has 4 rings (SSSR count). The van der Waals surface area contributed by atoms with Gasteiger partial charge in [-0.2, -0.15) is 0 Å². The summed E-state index contributed by atoms with van der Waals surface area (Å²) in [6.07, 6.45) is 1.56. The number of carbonyl (C=O) groups is 1. The molecule has 6 nitrogen and oxygen atoms in total. The summed E-state index contributed by atoms with van der Waals surface area (Å²) in [5.41, 5.74) is 3.27. The van der Waals surface area contributed by atoms with Gasteiger partial charge in [0.15, 0.2) is 11.5 Å². The average Bonchev–Trinajstić information content (AvgIpc) is 3.18. The first-order valence-electron chi connectivity index (χ1n) is 10.1. The molecule has 0 radical (unpaired) electrons. The fourth-order valence-corrected chi connectivity index (χ4v) is 5.90. The molecule has 7 heteroatoms. The number of rotatable bonds is 4. The van der Waals surface area contributed by atoms with E-state index in [1.54, 1.807) is 7.11 Å². The molecule has 1 N–H and O–H groups in total. The highest BCUT2D eigenvalue weighted by Gasteiger charge is 2.52. The molecule has 154 valence electrons. The minimum Gasteiger partial charge on any atom is -0.510 e. The first kappa shape index (κ1) is 20.2. The quantitative estimate of drug-likeness (QED) is 0.655. The van der Waals surface area contributed by atoms with Gasteiger partial charge in [0.25, 0.3) is 0 Å². The Bertz CT molecular complexity index is 1020. The van der Waals surface area contributed by atoms with Crippen LogP contribution in [0.25, 0.3) is 10.2 Å². The Labute approximate surface area is 174 Å². The van der Waals surface area contributed by atoms with Crippen LogP contribution < -0.4 is 0 Å². The van der Waals surface area contributed by atoms with Crippen LogP contribution in [-0.4, -0.2) is 29.1 Å². The summed E-state index contributed by atoms with van der Waals surface area (Å²) in [4.78, 5) is 17.5. The molecule has 1 heterocycles. The van der Waals surface area contributed by atoms with Gasteiger partial charge in [-0.25, -0.2) is 4.98 Å². The summed E-state index contributed by atoms with van der Waals surface area (Å²) in [5, 5.41) is 19.8. The van der Waals surface area contributed by atoms with Crippen molar-refractivity contribution in [3.8, 4) is 0 Å². The van der Waals surface area contributed by atoms with Crippen molar-refractivity contribution in [1.82, 2.24) is 4.98 Å². The van der Waals surface area contributed by atoms with Gasteiger partial charge in [-0.15, -0.1) is 10.2 Å². The largest absolute Gasteiger partial charge is 0.510 e. The number of ketones is 1. The van der Waals surface area contributed by atoms with Crippen LogP contribution in [0.5, 0.6) is 0 Å². The van der Waals surface area contributed by atoms with Crippen molar-refractivity contribution in [3.63, 3.8) is 0 Å². The van der Waals surface area contributed by atoms with Gasteiger partial charge in [-0.1, -0.05) is 31.3 Å². The van der Waals surface area contributed by atoms with Gasteiger partial charge in [0, 0.05) is 18.9 Å². The third-order valence-corrected chi connectivity index (χ3v) is 7.38. The standard InChI is InChI=1S/C22H27N3O3S/c1-10(2)16-15(28-5)7-6-13-17(16)20(27)18(19(13)26)24-25-22-23-14-9-11(3)8-12(4)21(14)29-22/h8-10,13,15-17,27H,6-7H2,1-5H3. The van der Waals surface area contributed by atoms with Crippen LogP contribution >= 0.6 is 11.3 Å². The molecule has 29 heavy (non-hydrogen) atoms. The number of Topliss-reactive ketones (excluding diaryl/α,β-unsaturated/α-hetero) is 1. The van der Waals surface area contributed by atoms with Crippen LogP contribution in [-0.2, 0) is 9.53 Å². The van der Waals surface area contributed by atoms with E-state index in [0.29, 0.717) is 11.6 Å². The number of ether oxygens (including phenoxy) is 1. The highest BCUT2D eigenvalue weighted by atomic mass is 32.1. The molecule has 0 aliphatic heterocycles. The molecule has 1 aromatic carbocycles. The van der Waals surface area contributed by atoms with E-state index in [9.17, 15) is 9.90 Å². The van der Waals surface area contributed by atoms with E-state index in [1.807, 2.05) is 19.9 Å². The zero-order valence-electron chi connectivity index (χ0n) is 17.5. The number of carbonyl (C=O) groups excluding carboxylic acids is 1.